The van der Waals surface area contributed by atoms with Gasteiger partial charge in [0, 0.05) is 17.6 Å². The zero-order valence-corrected chi connectivity index (χ0v) is 10.9. The number of nitrogens with zero attached hydrogens (tertiary/aromatic N) is 2. The molecular formula is C11H17N3O2S. The van der Waals surface area contributed by atoms with E-state index in [1.54, 1.807) is 23.9 Å². The fourth-order valence-corrected chi connectivity index (χ4v) is 2.59. The van der Waals surface area contributed by atoms with Crippen molar-refractivity contribution in [3.63, 3.8) is 0 Å². The number of carbonyl (C=O) groups excluding carboxylic acids is 1. The summed E-state index contributed by atoms with van der Waals surface area (Å²) in [6.07, 6.45) is 1.72. The van der Waals surface area contributed by atoms with Crippen molar-refractivity contribution in [2.45, 2.75) is 25.6 Å². The molecule has 5 nitrogen and oxygen atoms in total. The van der Waals surface area contributed by atoms with Gasteiger partial charge in [-0.3, -0.25) is 9.78 Å². The maximum absolute atomic E-state index is 12.3. The lowest BCUT2D eigenvalue weighted by Crippen LogP contribution is -2.48. The molecule has 0 spiro atoms. The molecule has 1 aromatic rings. The van der Waals surface area contributed by atoms with E-state index >= 15 is 0 Å². The Morgan fingerprint density at radius 2 is 2.53 bits per heavy atom. The lowest BCUT2D eigenvalue weighted by atomic mass is 10.1. The summed E-state index contributed by atoms with van der Waals surface area (Å²) in [5, 5.41) is 3.02. The van der Waals surface area contributed by atoms with Gasteiger partial charge in [0.15, 0.2) is 0 Å². The fourth-order valence-electron chi connectivity index (χ4n) is 1.98. The first kappa shape index (κ1) is 12.5. The van der Waals surface area contributed by atoms with Crippen molar-refractivity contribution in [3.8, 4) is 0 Å². The van der Waals surface area contributed by atoms with E-state index in [4.69, 9.17) is 4.74 Å². The molecule has 1 saturated heterocycles. The lowest BCUT2D eigenvalue weighted by Gasteiger charge is -2.24. The molecule has 17 heavy (non-hydrogen) atoms. The highest BCUT2D eigenvalue weighted by Gasteiger charge is 2.31. The summed E-state index contributed by atoms with van der Waals surface area (Å²) in [7, 11) is 1.79. The number of ether oxygens (including phenoxy) is 1. The summed E-state index contributed by atoms with van der Waals surface area (Å²) >= 11 is 1.57. The van der Waals surface area contributed by atoms with E-state index in [0.29, 0.717) is 19.7 Å². The molecule has 2 rings (SSSR count). The Hall–Kier alpha value is -0.980. The molecular weight excluding hydrogens is 238 g/mol. The molecule has 1 fully saturated rings. The van der Waals surface area contributed by atoms with Crippen LogP contribution in [0.2, 0.25) is 0 Å². The second-order valence-electron chi connectivity index (χ2n) is 4.07. The molecule has 2 atom stereocenters. The molecule has 1 aromatic heterocycles. The Morgan fingerprint density at radius 1 is 1.71 bits per heavy atom. The summed E-state index contributed by atoms with van der Waals surface area (Å²) in [5.41, 5.74) is 1.78. The summed E-state index contributed by atoms with van der Waals surface area (Å²) in [4.78, 5) is 19.2. The van der Waals surface area contributed by atoms with E-state index in [1.807, 2.05) is 18.0 Å². The van der Waals surface area contributed by atoms with Crippen LogP contribution in [-0.2, 0) is 16.1 Å². The quantitative estimate of drug-likeness (QED) is 0.853. The van der Waals surface area contributed by atoms with Gasteiger partial charge in [0.2, 0.25) is 5.91 Å². The van der Waals surface area contributed by atoms with Crippen LogP contribution in [0.3, 0.4) is 0 Å². The van der Waals surface area contributed by atoms with Crippen LogP contribution in [0.1, 0.15) is 11.8 Å². The zero-order chi connectivity index (χ0) is 12.3. The van der Waals surface area contributed by atoms with Crippen LogP contribution >= 0.6 is 11.3 Å². The van der Waals surface area contributed by atoms with E-state index in [2.05, 4.69) is 10.3 Å². The van der Waals surface area contributed by atoms with Gasteiger partial charge in [0.1, 0.15) is 6.04 Å². The Labute approximate surface area is 105 Å². The number of rotatable bonds is 3. The van der Waals surface area contributed by atoms with E-state index < -0.39 is 0 Å². The zero-order valence-electron chi connectivity index (χ0n) is 10.0. The minimum atomic E-state index is -0.259. The number of thiazole rings is 1. The first-order valence-electron chi connectivity index (χ1n) is 5.67. The topological polar surface area (TPSA) is 54.5 Å². The van der Waals surface area contributed by atoms with Gasteiger partial charge in [0.25, 0.3) is 0 Å². The van der Waals surface area contributed by atoms with Crippen molar-refractivity contribution in [3.05, 3.63) is 16.6 Å². The predicted octanol–water partition coefficient (Wildman–Crippen LogP) is 0.478. The van der Waals surface area contributed by atoms with Crippen molar-refractivity contribution < 1.29 is 9.53 Å². The Morgan fingerprint density at radius 3 is 3.18 bits per heavy atom. The van der Waals surface area contributed by atoms with Crippen molar-refractivity contribution >= 4 is 17.2 Å². The number of aromatic nitrogens is 1. The number of hydrogen-bond acceptors (Lipinski definition) is 5. The summed E-state index contributed by atoms with van der Waals surface area (Å²) in [6, 6.07) is -0.259. The van der Waals surface area contributed by atoms with E-state index in [1.165, 1.54) is 0 Å². The summed E-state index contributed by atoms with van der Waals surface area (Å²) in [6.45, 7) is 3.77. The third kappa shape index (κ3) is 2.83. The molecule has 0 aromatic carbocycles. The van der Waals surface area contributed by atoms with Crippen LogP contribution in [0.25, 0.3) is 0 Å². The van der Waals surface area contributed by atoms with Gasteiger partial charge in [-0.2, -0.15) is 0 Å². The molecule has 6 heteroatoms. The van der Waals surface area contributed by atoms with Crippen LogP contribution in [0.4, 0.5) is 0 Å². The van der Waals surface area contributed by atoms with Gasteiger partial charge in [-0.25, -0.2) is 0 Å². The van der Waals surface area contributed by atoms with Crippen LogP contribution in [-0.4, -0.2) is 48.1 Å². The number of nitrogens with one attached hydrogen (secondary N) is 1. The second-order valence-corrected chi connectivity index (χ2v) is 5.04. The Bertz CT molecular complexity index is 369. The third-order valence-electron chi connectivity index (χ3n) is 2.93. The van der Waals surface area contributed by atoms with Gasteiger partial charge in [-0.05, 0) is 14.0 Å². The van der Waals surface area contributed by atoms with Gasteiger partial charge in [-0.15, -0.1) is 11.3 Å². The third-order valence-corrected chi connectivity index (χ3v) is 3.69. The monoisotopic (exact) mass is 255 g/mol. The minimum Gasteiger partial charge on any atom is -0.374 e. The minimum absolute atomic E-state index is 0.0843. The normalized spacial score (nSPS) is 26.0. The average molecular weight is 255 g/mol. The number of carbonyl (C=O) groups is 1. The number of amides is 1. The summed E-state index contributed by atoms with van der Waals surface area (Å²) in [5.74, 6) is 0.103. The van der Waals surface area contributed by atoms with Crippen LogP contribution in [0.5, 0.6) is 0 Å². The van der Waals surface area contributed by atoms with Crippen molar-refractivity contribution in [2.75, 3.05) is 20.2 Å². The SMILES string of the molecule is CNC1C(=O)N(Cc2cncs2)CCOC1C. The Balaban J connectivity index is 2.08. The van der Waals surface area contributed by atoms with Crippen LogP contribution < -0.4 is 5.32 Å². The first-order chi connectivity index (χ1) is 8.22. The molecule has 0 saturated carbocycles. The highest BCUT2D eigenvalue weighted by molar-refractivity contribution is 7.09. The molecule has 0 radical (unpaired) electrons. The van der Waals surface area contributed by atoms with E-state index in [0.717, 1.165) is 4.88 Å². The highest BCUT2D eigenvalue weighted by Crippen LogP contribution is 2.14. The largest absolute Gasteiger partial charge is 0.374 e. The standard InChI is InChI=1S/C11H17N3O2S/c1-8-10(12-2)11(15)14(3-4-16-8)6-9-5-13-7-17-9/h5,7-8,10,12H,3-4,6H2,1-2H3. The van der Waals surface area contributed by atoms with Gasteiger partial charge in [0.05, 0.1) is 24.8 Å². The molecule has 1 N–H and O–H groups in total. The van der Waals surface area contributed by atoms with E-state index in [9.17, 15) is 4.79 Å². The smallest absolute Gasteiger partial charge is 0.242 e. The van der Waals surface area contributed by atoms with Gasteiger partial charge in [-0.1, -0.05) is 0 Å². The molecule has 1 amide bonds. The maximum Gasteiger partial charge on any atom is 0.242 e. The average Bonchev–Trinajstić information content (AvgIpc) is 2.76. The van der Waals surface area contributed by atoms with E-state index in [-0.39, 0.29) is 18.1 Å². The molecule has 2 heterocycles. The number of hydrogen-bond donors (Lipinski definition) is 1. The van der Waals surface area contributed by atoms with Gasteiger partial charge < -0.3 is 15.0 Å². The van der Waals surface area contributed by atoms with Crippen molar-refractivity contribution in [1.29, 1.82) is 0 Å². The molecule has 1 aliphatic heterocycles. The molecule has 94 valence electrons. The molecule has 0 aliphatic carbocycles. The summed E-state index contributed by atoms with van der Waals surface area (Å²) < 4.78 is 5.59. The van der Waals surface area contributed by atoms with Crippen LogP contribution in [0.15, 0.2) is 11.7 Å². The fraction of sp³-hybridized carbons (Fsp3) is 0.636. The van der Waals surface area contributed by atoms with Crippen molar-refractivity contribution in [1.82, 2.24) is 15.2 Å². The molecule has 0 bridgehead atoms. The number of likely N-dealkylation sites (N-methyl/N-ethyl adjacent to an activating group) is 1. The van der Waals surface area contributed by atoms with Gasteiger partial charge >= 0.3 is 0 Å². The molecule has 2 unspecified atom stereocenters. The lowest BCUT2D eigenvalue weighted by molar-refractivity contribution is -0.134. The van der Waals surface area contributed by atoms with Crippen molar-refractivity contribution in [2.24, 2.45) is 0 Å². The first-order valence-corrected chi connectivity index (χ1v) is 6.55. The predicted molar refractivity (Wildman–Crippen MR) is 65.8 cm³/mol. The van der Waals surface area contributed by atoms with Crippen LogP contribution in [0, 0.1) is 0 Å². The maximum atomic E-state index is 12.3. The highest BCUT2D eigenvalue weighted by atomic mass is 32.1. The second kappa shape index (κ2) is 5.57. The Kier molecular flexibility index (Phi) is 4.09. The molecule has 1 aliphatic rings.